The lowest BCUT2D eigenvalue weighted by molar-refractivity contribution is -0.274. The van der Waals surface area contributed by atoms with Crippen molar-refractivity contribution in [1.82, 2.24) is 19.7 Å². The van der Waals surface area contributed by atoms with Crippen LogP contribution in [0.25, 0.3) is 21.8 Å². The smallest absolute Gasteiger partial charge is 0.491 e. The summed E-state index contributed by atoms with van der Waals surface area (Å²) in [4.78, 5) is 19.2. The molecule has 0 saturated heterocycles. The zero-order valence-corrected chi connectivity index (χ0v) is 17.6. The number of hydrogen-bond acceptors (Lipinski definition) is 6. The van der Waals surface area contributed by atoms with Crippen LogP contribution in [0.1, 0.15) is 22.0 Å². The van der Waals surface area contributed by atoms with Gasteiger partial charge in [0, 0.05) is 36.7 Å². The van der Waals surface area contributed by atoms with E-state index < -0.39 is 12.4 Å². The fourth-order valence-electron chi connectivity index (χ4n) is 4.13. The minimum Gasteiger partial charge on any atom is -0.491 e. The standard InChI is InChI=1S/C22H18F3N5O3/c1-29(17-10-32-18-8-12(4-5-13(17)18)33-22(23,24)25)21(31)11-3-6-16-14(7-11)19-15(20(26)28-16)9-27-30(19)2/h3-9,17H,10H2,1-2H3,(H2,26,28)/t17-/m1/s1. The second-order valence-corrected chi connectivity index (χ2v) is 7.75. The van der Waals surface area contributed by atoms with Gasteiger partial charge >= 0.3 is 6.36 Å². The number of alkyl halides is 3. The molecule has 33 heavy (non-hydrogen) atoms. The van der Waals surface area contributed by atoms with E-state index in [9.17, 15) is 18.0 Å². The Morgan fingerprint density at radius 3 is 2.79 bits per heavy atom. The van der Waals surface area contributed by atoms with Gasteiger partial charge in [0.2, 0.25) is 0 Å². The lowest BCUT2D eigenvalue weighted by Crippen LogP contribution is -2.32. The highest BCUT2D eigenvalue weighted by atomic mass is 19.4. The maximum absolute atomic E-state index is 13.3. The molecule has 1 aliphatic heterocycles. The molecule has 1 amide bonds. The zero-order valence-electron chi connectivity index (χ0n) is 17.6. The number of hydrogen-bond donors (Lipinski definition) is 1. The molecular weight excluding hydrogens is 439 g/mol. The third-order valence-corrected chi connectivity index (χ3v) is 5.72. The molecule has 2 N–H and O–H groups in total. The molecular formula is C22H18F3N5O3. The van der Waals surface area contributed by atoms with Crippen molar-refractivity contribution < 1.29 is 27.4 Å². The maximum atomic E-state index is 13.3. The van der Waals surface area contributed by atoms with Crippen LogP contribution >= 0.6 is 0 Å². The van der Waals surface area contributed by atoms with Gasteiger partial charge in [-0.25, -0.2) is 4.98 Å². The van der Waals surface area contributed by atoms with Crippen molar-refractivity contribution in [3.05, 3.63) is 53.7 Å². The quantitative estimate of drug-likeness (QED) is 0.503. The molecule has 0 aliphatic carbocycles. The number of carbonyl (C=O) groups is 1. The molecule has 4 aromatic rings. The molecule has 0 radical (unpaired) electrons. The second kappa shape index (κ2) is 7.26. The van der Waals surface area contributed by atoms with E-state index in [1.807, 2.05) is 0 Å². The van der Waals surface area contributed by atoms with Gasteiger partial charge in [-0.2, -0.15) is 5.10 Å². The van der Waals surface area contributed by atoms with Crippen LogP contribution in [0, 0.1) is 0 Å². The topological polar surface area (TPSA) is 95.5 Å². The number of halogens is 3. The minimum absolute atomic E-state index is 0.116. The monoisotopic (exact) mass is 457 g/mol. The summed E-state index contributed by atoms with van der Waals surface area (Å²) in [5.74, 6) is -0.0509. The molecule has 2 aromatic heterocycles. The lowest BCUT2D eigenvalue weighted by Gasteiger charge is -2.24. The summed E-state index contributed by atoms with van der Waals surface area (Å²) < 4.78 is 48.6. The fraction of sp³-hybridized carbons (Fsp3) is 0.227. The largest absolute Gasteiger partial charge is 0.573 e. The predicted octanol–water partition coefficient (Wildman–Crippen LogP) is 3.81. The van der Waals surface area contributed by atoms with Crippen molar-refractivity contribution in [1.29, 1.82) is 0 Å². The van der Waals surface area contributed by atoms with Crippen LogP contribution < -0.4 is 15.2 Å². The molecule has 5 rings (SSSR count). The van der Waals surface area contributed by atoms with Crippen molar-refractivity contribution in [3.63, 3.8) is 0 Å². The first kappa shape index (κ1) is 20.9. The number of benzene rings is 2. The summed E-state index contributed by atoms with van der Waals surface area (Å²) in [7, 11) is 3.40. The van der Waals surface area contributed by atoms with E-state index >= 15 is 0 Å². The van der Waals surface area contributed by atoms with Gasteiger partial charge in [0.05, 0.1) is 28.7 Å². The van der Waals surface area contributed by atoms with Crippen LogP contribution in [-0.4, -0.2) is 45.6 Å². The van der Waals surface area contributed by atoms with Gasteiger partial charge in [-0.3, -0.25) is 9.48 Å². The first-order valence-electron chi connectivity index (χ1n) is 9.93. The molecule has 0 spiro atoms. The Morgan fingerprint density at radius 1 is 1.24 bits per heavy atom. The SMILES string of the molecule is CN(C(=O)c1ccc2nc(N)c3cnn(C)c3c2c1)[C@@H]1COc2cc(OC(F)(F)F)ccc21. The number of likely N-dealkylation sites (N-methyl/N-ethyl adjacent to an activating group) is 1. The highest BCUT2D eigenvalue weighted by molar-refractivity contribution is 6.10. The number of pyridine rings is 1. The number of fused-ring (bicyclic) bond motifs is 4. The molecule has 0 bridgehead atoms. The highest BCUT2D eigenvalue weighted by Gasteiger charge is 2.34. The van der Waals surface area contributed by atoms with Crippen molar-refractivity contribution in [3.8, 4) is 11.5 Å². The third kappa shape index (κ3) is 3.55. The summed E-state index contributed by atoms with van der Waals surface area (Å²) in [6.07, 6.45) is -3.17. The van der Waals surface area contributed by atoms with E-state index in [1.165, 1.54) is 23.1 Å². The van der Waals surface area contributed by atoms with Gasteiger partial charge in [-0.05, 0) is 30.3 Å². The van der Waals surface area contributed by atoms with Crippen LogP contribution in [-0.2, 0) is 7.05 Å². The Kier molecular flexibility index (Phi) is 4.59. The van der Waals surface area contributed by atoms with Crippen molar-refractivity contribution >= 4 is 33.5 Å². The third-order valence-electron chi connectivity index (χ3n) is 5.72. The summed E-state index contributed by atoms with van der Waals surface area (Å²) in [5.41, 5.74) is 8.45. The van der Waals surface area contributed by atoms with Gasteiger partial charge in [0.1, 0.15) is 23.9 Å². The van der Waals surface area contributed by atoms with Crippen molar-refractivity contribution in [2.75, 3.05) is 19.4 Å². The number of nitrogen functional groups attached to an aromatic ring is 1. The summed E-state index contributed by atoms with van der Waals surface area (Å²) in [5, 5.41) is 5.66. The average molecular weight is 457 g/mol. The number of rotatable bonds is 3. The van der Waals surface area contributed by atoms with E-state index in [1.54, 1.807) is 43.2 Å². The van der Waals surface area contributed by atoms with Crippen LogP contribution in [0.3, 0.4) is 0 Å². The number of carbonyl (C=O) groups excluding carboxylic acids is 1. The van der Waals surface area contributed by atoms with Crippen LogP contribution in [0.15, 0.2) is 42.6 Å². The normalized spacial score (nSPS) is 15.5. The van der Waals surface area contributed by atoms with Gasteiger partial charge in [-0.1, -0.05) is 0 Å². The fourth-order valence-corrected chi connectivity index (χ4v) is 4.13. The van der Waals surface area contributed by atoms with Crippen LogP contribution in [0.2, 0.25) is 0 Å². The van der Waals surface area contributed by atoms with Gasteiger partial charge < -0.3 is 20.1 Å². The summed E-state index contributed by atoms with van der Waals surface area (Å²) in [6.45, 7) is 0.116. The Hall–Kier alpha value is -4.02. The van der Waals surface area contributed by atoms with E-state index in [0.29, 0.717) is 27.8 Å². The molecule has 3 heterocycles. The van der Waals surface area contributed by atoms with Crippen LogP contribution in [0.5, 0.6) is 11.5 Å². The molecule has 0 unspecified atom stereocenters. The Morgan fingerprint density at radius 2 is 2.03 bits per heavy atom. The molecule has 0 fully saturated rings. The maximum Gasteiger partial charge on any atom is 0.573 e. The molecule has 170 valence electrons. The molecule has 8 nitrogen and oxygen atoms in total. The van der Waals surface area contributed by atoms with E-state index in [0.717, 1.165) is 10.9 Å². The van der Waals surface area contributed by atoms with Gasteiger partial charge in [0.15, 0.2) is 0 Å². The summed E-state index contributed by atoms with van der Waals surface area (Å²) in [6, 6.07) is 8.51. The first-order chi connectivity index (χ1) is 15.6. The average Bonchev–Trinajstić information content (AvgIpc) is 3.35. The molecule has 2 aromatic carbocycles. The van der Waals surface area contributed by atoms with Gasteiger partial charge in [0.25, 0.3) is 5.91 Å². The Labute approximate surface area is 185 Å². The Bertz CT molecular complexity index is 1420. The number of amides is 1. The van der Waals surface area contributed by atoms with Crippen LogP contribution in [0.4, 0.5) is 19.0 Å². The van der Waals surface area contributed by atoms with Gasteiger partial charge in [-0.15, -0.1) is 13.2 Å². The zero-order chi connectivity index (χ0) is 23.5. The number of ether oxygens (including phenoxy) is 2. The van der Waals surface area contributed by atoms with E-state index in [4.69, 9.17) is 10.5 Å². The number of anilines is 1. The van der Waals surface area contributed by atoms with E-state index in [-0.39, 0.29) is 24.0 Å². The van der Waals surface area contributed by atoms with Crippen molar-refractivity contribution in [2.24, 2.45) is 7.05 Å². The number of aromatic nitrogens is 3. The number of nitrogens with two attached hydrogens (primary N) is 1. The predicted molar refractivity (Wildman–Crippen MR) is 114 cm³/mol. The van der Waals surface area contributed by atoms with E-state index in [2.05, 4.69) is 14.8 Å². The summed E-state index contributed by atoms with van der Waals surface area (Å²) >= 11 is 0. The molecule has 0 saturated carbocycles. The molecule has 1 aliphatic rings. The second-order valence-electron chi connectivity index (χ2n) is 7.75. The number of aryl methyl sites for hydroxylation is 1. The Balaban J connectivity index is 1.47. The highest BCUT2D eigenvalue weighted by Crippen LogP contribution is 2.39. The first-order valence-corrected chi connectivity index (χ1v) is 9.93. The lowest BCUT2D eigenvalue weighted by atomic mass is 10.0. The number of nitrogens with zero attached hydrogens (tertiary/aromatic N) is 4. The molecule has 1 atom stereocenters. The molecule has 11 heteroatoms. The van der Waals surface area contributed by atoms with Crippen molar-refractivity contribution in [2.45, 2.75) is 12.4 Å². The minimum atomic E-state index is -4.80.